The second-order valence-electron chi connectivity index (χ2n) is 4.66. The third-order valence-electron chi connectivity index (χ3n) is 2.23. The van der Waals surface area contributed by atoms with Gasteiger partial charge in [0.2, 0.25) is 10.0 Å². The molecule has 1 amide bonds. The van der Waals surface area contributed by atoms with Crippen molar-refractivity contribution in [1.82, 2.24) is 4.72 Å². The van der Waals surface area contributed by atoms with Gasteiger partial charge in [-0.3, -0.25) is 0 Å². The number of rotatable bonds is 5. The smallest absolute Gasteiger partial charge is 0.420 e. The van der Waals surface area contributed by atoms with Crippen molar-refractivity contribution in [3.8, 4) is 6.07 Å². The maximum absolute atomic E-state index is 11.7. The van der Waals surface area contributed by atoms with Crippen LogP contribution in [0, 0.1) is 17.2 Å². The number of carbonyl (C=O) groups excluding carboxylic acids is 1. The summed E-state index contributed by atoms with van der Waals surface area (Å²) < 4.78 is 30.0. The van der Waals surface area contributed by atoms with Gasteiger partial charge in [0.15, 0.2) is 0 Å². The van der Waals surface area contributed by atoms with E-state index in [1.165, 1.54) is 24.3 Å². The summed E-state index contributed by atoms with van der Waals surface area (Å²) in [6, 6.07) is 8.02. The number of amides is 1. The molecule has 0 unspecified atom stereocenters. The molecule has 1 rings (SSSR count). The first-order chi connectivity index (χ1) is 9.32. The number of benzene rings is 1. The molecule has 0 spiro atoms. The van der Waals surface area contributed by atoms with E-state index in [0.717, 1.165) is 0 Å². The van der Waals surface area contributed by atoms with Gasteiger partial charge in [-0.25, -0.2) is 17.9 Å². The molecular formula is C13H16N2O4S. The van der Waals surface area contributed by atoms with Crippen LogP contribution in [0.2, 0.25) is 0 Å². The minimum absolute atomic E-state index is 0.127. The predicted octanol–water partition coefficient (Wildman–Crippen LogP) is 1.77. The second kappa shape index (κ2) is 6.91. The standard InChI is InChI=1S/C13H16N2O4S/c1-10(2)8-19-13(16)15-20(17,18)9-12-5-3-11(7-14)4-6-12/h3-6,10H,8-9H2,1-2H3,(H,15,16). The topological polar surface area (TPSA) is 96.3 Å². The molecule has 0 aromatic heterocycles. The van der Waals surface area contributed by atoms with Crippen LogP contribution in [0.3, 0.4) is 0 Å². The zero-order valence-electron chi connectivity index (χ0n) is 11.3. The van der Waals surface area contributed by atoms with Gasteiger partial charge in [-0.2, -0.15) is 5.26 Å². The highest BCUT2D eigenvalue weighted by Gasteiger charge is 2.16. The van der Waals surface area contributed by atoms with Crippen LogP contribution in [0.15, 0.2) is 24.3 Å². The molecule has 7 heteroatoms. The molecular weight excluding hydrogens is 280 g/mol. The molecule has 1 aromatic carbocycles. The number of ether oxygens (including phenoxy) is 1. The van der Waals surface area contributed by atoms with Crippen LogP contribution in [0.5, 0.6) is 0 Å². The van der Waals surface area contributed by atoms with Gasteiger partial charge in [0.05, 0.1) is 24.0 Å². The molecule has 0 aliphatic carbocycles. The Morgan fingerprint density at radius 3 is 2.45 bits per heavy atom. The van der Waals surface area contributed by atoms with Crippen molar-refractivity contribution in [2.24, 2.45) is 5.92 Å². The molecule has 0 saturated carbocycles. The van der Waals surface area contributed by atoms with Crippen molar-refractivity contribution in [2.45, 2.75) is 19.6 Å². The van der Waals surface area contributed by atoms with Gasteiger partial charge in [-0.05, 0) is 23.6 Å². The number of nitriles is 1. The van der Waals surface area contributed by atoms with Gasteiger partial charge < -0.3 is 4.74 Å². The van der Waals surface area contributed by atoms with E-state index in [1.54, 1.807) is 0 Å². The largest absolute Gasteiger partial charge is 0.449 e. The van der Waals surface area contributed by atoms with E-state index in [0.29, 0.717) is 11.1 Å². The van der Waals surface area contributed by atoms with Crippen LogP contribution in [0.1, 0.15) is 25.0 Å². The lowest BCUT2D eigenvalue weighted by atomic mass is 10.2. The van der Waals surface area contributed by atoms with Crippen molar-refractivity contribution in [2.75, 3.05) is 6.61 Å². The summed E-state index contributed by atoms with van der Waals surface area (Å²) in [5.74, 6) is -0.225. The van der Waals surface area contributed by atoms with E-state index in [1.807, 2.05) is 24.6 Å². The Morgan fingerprint density at radius 1 is 1.35 bits per heavy atom. The van der Waals surface area contributed by atoms with E-state index >= 15 is 0 Å². The van der Waals surface area contributed by atoms with Crippen LogP contribution in [-0.4, -0.2) is 21.1 Å². The molecule has 20 heavy (non-hydrogen) atoms. The number of nitrogens with zero attached hydrogens (tertiary/aromatic N) is 1. The summed E-state index contributed by atoms with van der Waals surface area (Å²) in [4.78, 5) is 11.3. The van der Waals surface area contributed by atoms with Crippen molar-refractivity contribution in [3.63, 3.8) is 0 Å². The molecule has 108 valence electrons. The monoisotopic (exact) mass is 296 g/mol. The number of hydrogen-bond acceptors (Lipinski definition) is 5. The molecule has 1 N–H and O–H groups in total. The van der Waals surface area contributed by atoms with Crippen LogP contribution >= 0.6 is 0 Å². The lowest BCUT2D eigenvalue weighted by Crippen LogP contribution is -2.32. The first-order valence-electron chi connectivity index (χ1n) is 5.98. The Hall–Kier alpha value is -2.07. The molecule has 0 atom stereocenters. The highest BCUT2D eigenvalue weighted by Crippen LogP contribution is 2.07. The van der Waals surface area contributed by atoms with Crippen LogP contribution < -0.4 is 4.72 Å². The Balaban J connectivity index is 2.60. The van der Waals surface area contributed by atoms with Gasteiger partial charge in [-0.15, -0.1) is 0 Å². The fourth-order valence-corrected chi connectivity index (χ4v) is 2.35. The van der Waals surface area contributed by atoms with Crippen molar-refractivity contribution < 1.29 is 17.9 Å². The summed E-state index contributed by atoms with van der Waals surface area (Å²) >= 11 is 0. The number of hydrogen-bond donors (Lipinski definition) is 1. The molecule has 0 heterocycles. The highest BCUT2D eigenvalue weighted by atomic mass is 32.2. The van der Waals surface area contributed by atoms with E-state index in [-0.39, 0.29) is 18.3 Å². The molecule has 0 fully saturated rings. The van der Waals surface area contributed by atoms with Gasteiger partial charge in [0.25, 0.3) is 0 Å². The number of sulfonamides is 1. The van der Waals surface area contributed by atoms with Gasteiger partial charge in [0, 0.05) is 0 Å². The third-order valence-corrected chi connectivity index (χ3v) is 3.42. The fourth-order valence-electron chi connectivity index (χ4n) is 1.33. The van der Waals surface area contributed by atoms with Crippen LogP contribution in [-0.2, 0) is 20.5 Å². The first-order valence-corrected chi connectivity index (χ1v) is 7.64. The summed E-state index contributed by atoms with van der Waals surface area (Å²) in [5.41, 5.74) is 0.920. The minimum Gasteiger partial charge on any atom is -0.449 e. The molecule has 1 aromatic rings. The van der Waals surface area contributed by atoms with Crippen molar-refractivity contribution >= 4 is 16.1 Å². The summed E-state index contributed by atoms with van der Waals surface area (Å²) in [7, 11) is -3.81. The fraction of sp³-hybridized carbons (Fsp3) is 0.385. The Labute approximate surface area is 118 Å². The van der Waals surface area contributed by atoms with Gasteiger partial charge in [-0.1, -0.05) is 26.0 Å². The quantitative estimate of drug-likeness (QED) is 0.893. The lowest BCUT2D eigenvalue weighted by Gasteiger charge is -2.09. The maximum Gasteiger partial charge on any atom is 0.420 e. The first kappa shape index (κ1) is 16.0. The predicted molar refractivity (Wildman–Crippen MR) is 73.1 cm³/mol. The Bertz CT molecular complexity index is 600. The van der Waals surface area contributed by atoms with E-state index in [9.17, 15) is 13.2 Å². The maximum atomic E-state index is 11.7. The van der Waals surface area contributed by atoms with Crippen LogP contribution in [0.4, 0.5) is 4.79 Å². The Kier molecular flexibility index (Phi) is 5.53. The minimum atomic E-state index is -3.81. The SMILES string of the molecule is CC(C)COC(=O)NS(=O)(=O)Cc1ccc(C#N)cc1. The highest BCUT2D eigenvalue weighted by molar-refractivity contribution is 7.89. The summed E-state index contributed by atoms with van der Waals surface area (Å²) in [6.45, 7) is 3.84. The van der Waals surface area contributed by atoms with E-state index < -0.39 is 16.1 Å². The number of carbonyl (C=O) groups is 1. The van der Waals surface area contributed by atoms with E-state index in [4.69, 9.17) is 10.00 Å². The molecule has 0 aliphatic heterocycles. The normalized spacial score (nSPS) is 10.9. The van der Waals surface area contributed by atoms with Gasteiger partial charge >= 0.3 is 6.09 Å². The van der Waals surface area contributed by atoms with Crippen LogP contribution in [0.25, 0.3) is 0 Å². The molecule has 0 aliphatic rings. The van der Waals surface area contributed by atoms with Crippen molar-refractivity contribution in [1.29, 1.82) is 5.26 Å². The molecule has 0 bridgehead atoms. The summed E-state index contributed by atoms with van der Waals surface area (Å²) in [6.07, 6.45) is -0.979. The third kappa shape index (κ3) is 5.71. The molecule has 0 saturated heterocycles. The molecule has 0 radical (unpaired) electrons. The van der Waals surface area contributed by atoms with E-state index in [2.05, 4.69) is 0 Å². The van der Waals surface area contributed by atoms with Crippen molar-refractivity contribution in [3.05, 3.63) is 35.4 Å². The number of nitrogens with one attached hydrogen (secondary N) is 1. The second-order valence-corrected chi connectivity index (χ2v) is 6.38. The average Bonchev–Trinajstić information content (AvgIpc) is 2.36. The van der Waals surface area contributed by atoms with Gasteiger partial charge in [0.1, 0.15) is 0 Å². The Morgan fingerprint density at radius 2 is 1.95 bits per heavy atom. The zero-order valence-corrected chi connectivity index (χ0v) is 12.1. The summed E-state index contributed by atoms with van der Waals surface area (Å²) in [5, 5.41) is 8.64. The average molecular weight is 296 g/mol. The molecule has 6 nitrogen and oxygen atoms in total. The zero-order chi connectivity index (χ0) is 15.2. The lowest BCUT2D eigenvalue weighted by molar-refractivity contribution is 0.139.